The molecule has 1 aliphatic heterocycles. The zero-order valence-electron chi connectivity index (χ0n) is 18.2. The minimum atomic E-state index is -2.69. The van der Waals surface area contributed by atoms with Gasteiger partial charge in [-0.3, -0.25) is 4.79 Å². The van der Waals surface area contributed by atoms with Crippen LogP contribution < -0.4 is 5.73 Å². The summed E-state index contributed by atoms with van der Waals surface area (Å²) >= 11 is 1.52. The van der Waals surface area contributed by atoms with Crippen LogP contribution in [0.1, 0.15) is 28.2 Å². The Labute approximate surface area is 198 Å². The Morgan fingerprint density at radius 3 is 2.26 bits per heavy atom. The molecule has 34 heavy (non-hydrogen) atoms. The number of nitrogens with two attached hydrogens (primary N) is 1. The van der Waals surface area contributed by atoms with E-state index in [1.165, 1.54) is 28.4 Å². The van der Waals surface area contributed by atoms with Crippen LogP contribution in [0.4, 0.5) is 13.2 Å². The number of nitrogens with zero attached hydrogens (tertiary/aromatic N) is 2. The number of fused-ring (bicyclic) bond motifs is 1. The summed E-state index contributed by atoms with van der Waals surface area (Å²) < 4.78 is 41.3. The Bertz CT molecular complexity index is 1340. The largest absolute Gasteiger partial charge is 0.338 e. The van der Waals surface area contributed by atoms with Crippen molar-refractivity contribution in [1.29, 1.82) is 0 Å². The van der Waals surface area contributed by atoms with Gasteiger partial charge in [-0.25, -0.2) is 18.2 Å². The van der Waals surface area contributed by atoms with Crippen LogP contribution in [0.25, 0.3) is 32.5 Å². The van der Waals surface area contributed by atoms with E-state index in [1.807, 2.05) is 24.3 Å². The smallest absolute Gasteiger partial charge is 0.253 e. The molecule has 0 atom stereocenters. The quantitative estimate of drug-likeness (QED) is 0.383. The number of likely N-dealkylation sites (tertiary alicyclic amines) is 1. The highest BCUT2D eigenvalue weighted by molar-refractivity contribution is 7.19. The van der Waals surface area contributed by atoms with Crippen molar-refractivity contribution in [3.8, 4) is 22.3 Å². The first-order chi connectivity index (χ1) is 16.3. The number of hydrogen-bond donors (Lipinski definition) is 1. The maximum Gasteiger partial charge on any atom is 0.253 e. The van der Waals surface area contributed by atoms with E-state index in [0.717, 1.165) is 37.5 Å². The molecule has 0 radical (unpaired) electrons. The number of amides is 1. The molecule has 174 valence electrons. The lowest BCUT2D eigenvalue weighted by Gasteiger charge is -2.31. The molecule has 1 aromatic heterocycles. The standard InChI is InChI=1S/C26H22F3N3OS/c27-20-7-5-17(6-8-20)21-13-19(14-22-24(21)34-23(15-30)31-22)16-1-3-18(4-2-16)25(33)32-11-9-26(28,29)10-12-32/h1-8,13-14H,9-12,15,30H2. The number of benzene rings is 3. The van der Waals surface area contributed by atoms with Crippen LogP contribution in [0.2, 0.25) is 0 Å². The lowest BCUT2D eigenvalue weighted by molar-refractivity contribution is -0.0494. The molecule has 1 fully saturated rings. The first-order valence-electron chi connectivity index (χ1n) is 11.0. The van der Waals surface area contributed by atoms with Crippen molar-refractivity contribution in [1.82, 2.24) is 9.88 Å². The molecule has 0 spiro atoms. The summed E-state index contributed by atoms with van der Waals surface area (Å²) in [6.45, 7) is 0.438. The van der Waals surface area contributed by atoms with Gasteiger partial charge in [-0.1, -0.05) is 24.3 Å². The number of thiazole rings is 1. The zero-order valence-corrected chi connectivity index (χ0v) is 19.0. The first-order valence-corrected chi connectivity index (χ1v) is 11.8. The normalized spacial score (nSPS) is 15.6. The molecule has 5 rings (SSSR count). The summed E-state index contributed by atoms with van der Waals surface area (Å²) in [5, 5.41) is 0.809. The molecule has 3 aromatic carbocycles. The molecule has 2 heterocycles. The second-order valence-corrected chi connectivity index (χ2v) is 9.50. The number of halogens is 3. The molecule has 0 bridgehead atoms. The van der Waals surface area contributed by atoms with Crippen molar-refractivity contribution in [3.05, 3.63) is 77.1 Å². The van der Waals surface area contributed by atoms with Crippen LogP contribution in [0.5, 0.6) is 0 Å². The highest BCUT2D eigenvalue weighted by Crippen LogP contribution is 2.37. The van der Waals surface area contributed by atoms with Gasteiger partial charge in [-0.2, -0.15) is 0 Å². The fourth-order valence-electron chi connectivity index (χ4n) is 4.20. The zero-order chi connectivity index (χ0) is 23.9. The molecular weight excluding hydrogens is 459 g/mol. The predicted molar refractivity (Wildman–Crippen MR) is 128 cm³/mol. The van der Waals surface area contributed by atoms with E-state index in [-0.39, 0.29) is 37.7 Å². The molecule has 1 saturated heterocycles. The van der Waals surface area contributed by atoms with Gasteiger partial charge in [0.25, 0.3) is 11.8 Å². The lowest BCUT2D eigenvalue weighted by Crippen LogP contribution is -2.42. The summed E-state index contributed by atoms with van der Waals surface area (Å²) in [5.41, 5.74) is 10.7. The summed E-state index contributed by atoms with van der Waals surface area (Å²) in [7, 11) is 0. The third kappa shape index (κ3) is 4.43. The number of carbonyl (C=O) groups excluding carboxylic acids is 1. The van der Waals surface area contributed by atoms with Gasteiger partial charge in [0.2, 0.25) is 0 Å². The minimum Gasteiger partial charge on any atom is -0.338 e. The van der Waals surface area contributed by atoms with E-state index >= 15 is 0 Å². The molecule has 1 amide bonds. The van der Waals surface area contributed by atoms with Crippen LogP contribution in [0.15, 0.2) is 60.7 Å². The molecule has 0 aliphatic carbocycles. The number of piperidine rings is 1. The maximum absolute atomic E-state index is 13.5. The van der Waals surface area contributed by atoms with Crippen molar-refractivity contribution in [2.75, 3.05) is 13.1 Å². The van der Waals surface area contributed by atoms with Crippen molar-refractivity contribution in [3.63, 3.8) is 0 Å². The Morgan fingerprint density at radius 1 is 0.971 bits per heavy atom. The lowest BCUT2D eigenvalue weighted by atomic mass is 9.97. The van der Waals surface area contributed by atoms with E-state index in [1.54, 1.807) is 24.3 Å². The van der Waals surface area contributed by atoms with E-state index in [9.17, 15) is 18.0 Å². The third-order valence-electron chi connectivity index (χ3n) is 6.11. The topological polar surface area (TPSA) is 59.2 Å². The Kier molecular flexibility index (Phi) is 5.87. The summed E-state index contributed by atoms with van der Waals surface area (Å²) in [5.74, 6) is -3.24. The van der Waals surface area contributed by atoms with E-state index < -0.39 is 5.92 Å². The molecule has 1 aliphatic rings. The van der Waals surface area contributed by atoms with Crippen molar-refractivity contribution >= 4 is 27.5 Å². The fraction of sp³-hybridized carbons (Fsp3) is 0.231. The third-order valence-corrected chi connectivity index (χ3v) is 7.24. The van der Waals surface area contributed by atoms with Gasteiger partial charge in [0, 0.05) is 43.6 Å². The molecule has 4 nitrogen and oxygen atoms in total. The highest BCUT2D eigenvalue weighted by atomic mass is 32.1. The second-order valence-electron chi connectivity index (χ2n) is 8.42. The van der Waals surface area contributed by atoms with E-state index in [0.29, 0.717) is 12.1 Å². The van der Waals surface area contributed by atoms with Crippen LogP contribution >= 0.6 is 11.3 Å². The Morgan fingerprint density at radius 2 is 1.62 bits per heavy atom. The number of carbonyl (C=O) groups is 1. The van der Waals surface area contributed by atoms with Gasteiger partial charge in [0.1, 0.15) is 10.8 Å². The molecular formula is C26H22F3N3OS. The molecule has 2 N–H and O–H groups in total. The Balaban J connectivity index is 1.48. The van der Waals surface area contributed by atoms with Crippen molar-refractivity contribution in [2.24, 2.45) is 5.73 Å². The average molecular weight is 482 g/mol. The number of rotatable bonds is 4. The van der Waals surface area contributed by atoms with Gasteiger partial charge in [0.15, 0.2) is 0 Å². The number of alkyl halides is 2. The van der Waals surface area contributed by atoms with Crippen molar-refractivity contribution < 1.29 is 18.0 Å². The SMILES string of the molecule is NCc1nc2cc(-c3ccc(C(=O)N4CCC(F)(F)CC4)cc3)cc(-c3ccc(F)cc3)c2s1. The van der Waals surface area contributed by atoms with Gasteiger partial charge in [-0.05, 0) is 53.1 Å². The predicted octanol–water partition coefficient (Wildman–Crippen LogP) is 6.10. The first kappa shape index (κ1) is 22.6. The number of hydrogen-bond acceptors (Lipinski definition) is 4. The average Bonchev–Trinajstić information content (AvgIpc) is 3.27. The second kappa shape index (κ2) is 8.85. The number of aromatic nitrogens is 1. The van der Waals surface area contributed by atoms with Crippen LogP contribution in [0, 0.1) is 5.82 Å². The summed E-state index contributed by atoms with van der Waals surface area (Å²) in [4.78, 5) is 18.9. The molecule has 0 unspecified atom stereocenters. The van der Waals surface area contributed by atoms with Crippen LogP contribution in [-0.4, -0.2) is 34.8 Å². The summed E-state index contributed by atoms with van der Waals surface area (Å²) in [6, 6.07) is 17.5. The van der Waals surface area contributed by atoms with Gasteiger partial charge >= 0.3 is 0 Å². The monoisotopic (exact) mass is 481 g/mol. The van der Waals surface area contributed by atoms with Gasteiger partial charge in [-0.15, -0.1) is 11.3 Å². The molecule has 0 saturated carbocycles. The summed E-state index contributed by atoms with van der Waals surface area (Å²) in [6.07, 6.45) is -0.608. The minimum absolute atomic E-state index is 0.0542. The van der Waals surface area contributed by atoms with E-state index in [2.05, 4.69) is 4.98 Å². The van der Waals surface area contributed by atoms with Crippen LogP contribution in [0.3, 0.4) is 0 Å². The van der Waals surface area contributed by atoms with E-state index in [4.69, 9.17) is 5.73 Å². The van der Waals surface area contributed by atoms with Crippen molar-refractivity contribution in [2.45, 2.75) is 25.3 Å². The van der Waals surface area contributed by atoms with Crippen LogP contribution in [-0.2, 0) is 6.54 Å². The van der Waals surface area contributed by atoms with Gasteiger partial charge in [0.05, 0.1) is 10.2 Å². The Hall–Kier alpha value is -3.23. The highest BCUT2D eigenvalue weighted by Gasteiger charge is 2.35. The molecule has 8 heteroatoms. The maximum atomic E-state index is 13.5. The van der Waals surface area contributed by atoms with Gasteiger partial charge < -0.3 is 10.6 Å². The molecule has 4 aromatic rings. The fourth-order valence-corrected chi connectivity index (χ4v) is 5.16.